The van der Waals surface area contributed by atoms with Gasteiger partial charge in [-0.05, 0) is 25.5 Å². The van der Waals surface area contributed by atoms with Gasteiger partial charge in [0.1, 0.15) is 0 Å². The smallest absolute Gasteiger partial charge is 0.339 e. The Bertz CT molecular complexity index is 952. The molecule has 1 amide bonds. The number of hydrogen-bond acceptors (Lipinski definition) is 4. The molecule has 0 aliphatic heterocycles. The van der Waals surface area contributed by atoms with Crippen LogP contribution in [0.5, 0.6) is 0 Å². The summed E-state index contributed by atoms with van der Waals surface area (Å²) < 4.78 is 5.24. The van der Waals surface area contributed by atoms with E-state index in [1.54, 1.807) is 0 Å². The van der Waals surface area contributed by atoms with Crippen LogP contribution < -0.4 is 5.32 Å². The molecule has 3 rings (SSSR count). The summed E-state index contributed by atoms with van der Waals surface area (Å²) in [5.74, 6) is -0.843. The second-order valence-electron chi connectivity index (χ2n) is 5.87. The van der Waals surface area contributed by atoms with Crippen LogP contribution in [0.1, 0.15) is 22.8 Å². The first-order valence-electron chi connectivity index (χ1n) is 8.50. The van der Waals surface area contributed by atoms with Gasteiger partial charge < -0.3 is 10.1 Å². The fourth-order valence-corrected chi connectivity index (χ4v) is 2.90. The number of fused-ring (bicyclic) bond motifs is 1. The van der Waals surface area contributed by atoms with Crippen molar-refractivity contribution in [2.45, 2.75) is 13.8 Å². The number of nitrogens with zero attached hydrogens (tertiary/aromatic N) is 1. The monoisotopic (exact) mass is 348 g/mol. The molecule has 0 saturated carbocycles. The van der Waals surface area contributed by atoms with Crippen molar-refractivity contribution in [3.05, 3.63) is 65.7 Å². The van der Waals surface area contributed by atoms with Gasteiger partial charge in [-0.3, -0.25) is 4.79 Å². The SMILES string of the molecule is CCNC(=O)COC(=O)c1c(C)c(-c2ccccc2)nc2ccccc12. The Morgan fingerprint density at radius 3 is 2.46 bits per heavy atom. The predicted molar refractivity (Wildman–Crippen MR) is 101 cm³/mol. The summed E-state index contributed by atoms with van der Waals surface area (Å²) >= 11 is 0. The normalized spacial score (nSPS) is 10.5. The number of ether oxygens (including phenoxy) is 1. The van der Waals surface area contributed by atoms with Crippen LogP contribution in [0.4, 0.5) is 0 Å². The van der Waals surface area contributed by atoms with Crippen LogP contribution in [0, 0.1) is 6.92 Å². The fraction of sp³-hybridized carbons (Fsp3) is 0.190. The summed E-state index contributed by atoms with van der Waals surface area (Å²) in [4.78, 5) is 29.1. The number of esters is 1. The summed E-state index contributed by atoms with van der Waals surface area (Å²) in [6.45, 7) is 3.85. The Labute approximate surface area is 152 Å². The molecule has 0 aliphatic carbocycles. The topological polar surface area (TPSA) is 68.3 Å². The Morgan fingerprint density at radius 2 is 1.73 bits per heavy atom. The molecule has 5 nitrogen and oxygen atoms in total. The Balaban J connectivity index is 2.07. The van der Waals surface area contributed by atoms with Crippen LogP contribution in [-0.2, 0) is 9.53 Å². The molecule has 0 radical (unpaired) electrons. The number of para-hydroxylation sites is 1. The molecule has 0 unspecified atom stereocenters. The highest BCUT2D eigenvalue weighted by molar-refractivity contribution is 6.06. The van der Waals surface area contributed by atoms with E-state index in [9.17, 15) is 9.59 Å². The van der Waals surface area contributed by atoms with Crippen LogP contribution in [-0.4, -0.2) is 30.0 Å². The number of benzene rings is 2. The number of pyridine rings is 1. The second kappa shape index (κ2) is 7.78. The maximum absolute atomic E-state index is 12.7. The zero-order valence-corrected chi connectivity index (χ0v) is 14.8. The van der Waals surface area contributed by atoms with Crippen molar-refractivity contribution >= 4 is 22.8 Å². The quantitative estimate of drug-likeness (QED) is 0.717. The van der Waals surface area contributed by atoms with Gasteiger partial charge in [-0.25, -0.2) is 9.78 Å². The van der Waals surface area contributed by atoms with E-state index < -0.39 is 5.97 Å². The highest BCUT2D eigenvalue weighted by Crippen LogP contribution is 2.30. The van der Waals surface area contributed by atoms with Gasteiger partial charge in [-0.1, -0.05) is 48.5 Å². The summed E-state index contributed by atoms with van der Waals surface area (Å²) in [6, 6.07) is 17.1. The fourth-order valence-electron chi connectivity index (χ4n) is 2.90. The van der Waals surface area contributed by atoms with Crippen LogP contribution in [0.25, 0.3) is 22.2 Å². The molecule has 1 N–H and O–H groups in total. The molecule has 132 valence electrons. The Hall–Kier alpha value is -3.21. The van der Waals surface area contributed by atoms with Gasteiger partial charge in [0.25, 0.3) is 5.91 Å². The minimum Gasteiger partial charge on any atom is -0.452 e. The standard InChI is InChI=1S/C21H20N2O3/c1-3-22-18(24)13-26-21(25)19-14(2)20(15-9-5-4-6-10-15)23-17-12-8-7-11-16(17)19/h4-12H,3,13H2,1-2H3,(H,22,24). The number of carbonyl (C=O) groups is 2. The molecule has 1 heterocycles. The summed E-state index contributed by atoms with van der Waals surface area (Å²) in [7, 11) is 0. The second-order valence-corrected chi connectivity index (χ2v) is 5.87. The van der Waals surface area contributed by atoms with Crippen molar-refractivity contribution < 1.29 is 14.3 Å². The first kappa shape index (κ1) is 17.6. The van der Waals surface area contributed by atoms with Crippen LogP contribution >= 0.6 is 0 Å². The lowest BCUT2D eigenvalue weighted by Gasteiger charge is -2.14. The third-order valence-electron chi connectivity index (χ3n) is 4.10. The van der Waals surface area contributed by atoms with E-state index in [0.29, 0.717) is 23.0 Å². The highest BCUT2D eigenvalue weighted by Gasteiger charge is 2.20. The number of amides is 1. The minimum atomic E-state index is -0.524. The molecule has 3 aromatic rings. The average Bonchev–Trinajstić information content (AvgIpc) is 2.66. The van der Waals surface area contributed by atoms with Crippen molar-refractivity contribution in [3.8, 4) is 11.3 Å². The molecule has 1 aromatic heterocycles. The van der Waals surface area contributed by atoms with E-state index in [-0.39, 0.29) is 12.5 Å². The van der Waals surface area contributed by atoms with Crippen molar-refractivity contribution in [1.82, 2.24) is 10.3 Å². The van der Waals surface area contributed by atoms with Crippen molar-refractivity contribution in [2.75, 3.05) is 13.2 Å². The van der Waals surface area contributed by atoms with Gasteiger partial charge in [-0.2, -0.15) is 0 Å². The maximum atomic E-state index is 12.7. The number of nitrogens with one attached hydrogen (secondary N) is 1. The van der Waals surface area contributed by atoms with Crippen LogP contribution in [0.15, 0.2) is 54.6 Å². The Morgan fingerprint density at radius 1 is 1.04 bits per heavy atom. The van der Waals surface area contributed by atoms with E-state index in [1.807, 2.05) is 68.4 Å². The lowest BCUT2D eigenvalue weighted by Crippen LogP contribution is -2.28. The largest absolute Gasteiger partial charge is 0.452 e. The van der Waals surface area contributed by atoms with Gasteiger partial charge >= 0.3 is 5.97 Å². The van der Waals surface area contributed by atoms with E-state index in [4.69, 9.17) is 9.72 Å². The van der Waals surface area contributed by atoms with E-state index in [2.05, 4.69) is 5.32 Å². The molecule has 0 fully saturated rings. The molecular weight excluding hydrogens is 328 g/mol. The summed E-state index contributed by atoms with van der Waals surface area (Å²) in [5.41, 5.74) is 3.54. The van der Waals surface area contributed by atoms with Gasteiger partial charge in [0.2, 0.25) is 0 Å². The molecule has 2 aromatic carbocycles. The number of aromatic nitrogens is 1. The summed E-state index contributed by atoms with van der Waals surface area (Å²) in [6.07, 6.45) is 0. The molecular formula is C21H20N2O3. The molecule has 0 saturated heterocycles. The maximum Gasteiger partial charge on any atom is 0.339 e. The zero-order chi connectivity index (χ0) is 18.5. The predicted octanol–water partition coefficient (Wildman–Crippen LogP) is 3.50. The molecule has 26 heavy (non-hydrogen) atoms. The lowest BCUT2D eigenvalue weighted by atomic mass is 9.98. The lowest BCUT2D eigenvalue weighted by molar-refractivity contribution is -0.124. The van der Waals surface area contributed by atoms with E-state index in [1.165, 1.54) is 0 Å². The molecule has 5 heteroatoms. The van der Waals surface area contributed by atoms with Crippen molar-refractivity contribution in [1.29, 1.82) is 0 Å². The number of hydrogen-bond donors (Lipinski definition) is 1. The number of rotatable bonds is 5. The number of likely N-dealkylation sites (N-methyl/N-ethyl adjacent to an activating group) is 1. The van der Waals surface area contributed by atoms with Gasteiger partial charge in [0.15, 0.2) is 6.61 Å². The minimum absolute atomic E-state index is 0.302. The van der Waals surface area contributed by atoms with Crippen LogP contribution in [0.2, 0.25) is 0 Å². The molecule has 0 aliphatic rings. The molecule has 0 bridgehead atoms. The first-order chi connectivity index (χ1) is 12.6. The van der Waals surface area contributed by atoms with Gasteiger partial charge in [0.05, 0.1) is 16.8 Å². The highest BCUT2D eigenvalue weighted by atomic mass is 16.5. The zero-order valence-electron chi connectivity index (χ0n) is 14.8. The van der Waals surface area contributed by atoms with Crippen molar-refractivity contribution in [3.63, 3.8) is 0 Å². The third-order valence-corrected chi connectivity index (χ3v) is 4.10. The average molecular weight is 348 g/mol. The third kappa shape index (κ3) is 3.57. The van der Waals surface area contributed by atoms with Crippen LogP contribution in [0.3, 0.4) is 0 Å². The van der Waals surface area contributed by atoms with Gasteiger partial charge in [0, 0.05) is 17.5 Å². The molecule has 0 spiro atoms. The molecule has 0 atom stereocenters. The van der Waals surface area contributed by atoms with Crippen molar-refractivity contribution in [2.24, 2.45) is 0 Å². The van der Waals surface area contributed by atoms with Gasteiger partial charge in [-0.15, -0.1) is 0 Å². The Kier molecular flexibility index (Phi) is 5.27. The summed E-state index contributed by atoms with van der Waals surface area (Å²) in [5, 5.41) is 3.33. The van der Waals surface area contributed by atoms with E-state index in [0.717, 1.165) is 16.8 Å². The number of carbonyl (C=O) groups excluding carboxylic acids is 2. The first-order valence-corrected chi connectivity index (χ1v) is 8.50. The van der Waals surface area contributed by atoms with E-state index >= 15 is 0 Å².